The second-order valence-corrected chi connectivity index (χ2v) is 4.53. The topological polar surface area (TPSA) is 80.5 Å². The number of nitrogens with one attached hydrogen (secondary N) is 1. The molecule has 1 amide bonds. The smallest absolute Gasteiger partial charge is 0.250 e. The Labute approximate surface area is 112 Å². The Hall–Kier alpha value is -1.66. The highest BCUT2D eigenvalue weighted by Gasteiger charge is 2.09. The van der Waals surface area contributed by atoms with Crippen molar-refractivity contribution in [3.8, 4) is 0 Å². The van der Waals surface area contributed by atoms with Crippen molar-refractivity contribution in [3.05, 3.63) is 23.9 Å². The molecular formula is C13H20N4O2. The Morgan fingerprint density at radius 3 is 2.84 bits per heavy atom. The van der Waals surface area contributed by atoms with Crippen LogP contribution in [0.5, 0.6) is 0 Å². The molecule has 1 saturated heterocycles. The molecule has 0 aromatic carbocycles. The number of aromatic nitrogens is 1. The highest BCUT2D eigenvalue weighted by atomic mass is 16.5. The summed E-state index contributed by atoms with van der Waals surface area (Å²) in [6.07, 6.45) is 2.55. The van der Waals surface area contributed by atoms with Crippen LogP contribution in [0.4, 0.5) is 5.82 Å². The van der Waals surface area contributed by atoms with Crippen LogP contribution in [0.15, 0.2) is 18.3 Å². The predicted octanol–water partition coefficient (Wildman–Crippen LogP) is 0.315. The van der Waals surface area contributed by atoms with Crippen LogP contribution in [0.3, 0.4) is 0 Å². The second kappa shape index (κ2) is 7.06. The summed E-state index contributed by atoms with van der Waals surface area (Å²) in [7, 11) is 0. The highest BCUT2D eigenvalue weighted by Crippen LogP contribution is 2.05. The minimum Gasteiger partial charge on any atom is -0.379 e. The van der Waals surface area contributed by atoms with E-state index in [0.29, 0.717) is 5.56 Å². The van der Waals surface area contributed by atoms with Crippen LogP contribution in [-0.2, 0) is 4.74 Å². The number of nitrogens with zero attached hydrogens (tertiary/aromatic N) is 2. The number of hydrogen-bond donors (Lipinski definition) is 2. The standard InChI is InChI=1S/C13H20N4O2/c14-13(18)11-2-3-12(16-10-11)15-4-1-5-17-6-8-19-9-7-17/h2-3,10H,1,4-9H2,(H2,14,18)(H,15,16). The van der Waals surface area contributed by atoms with Crippen molar-refractivity contribution in [2.45, 2.75) is 6.42 Å². The average molecular weight is 264 g/mol. The third-order valence-corrected chi connectivity index (χ3v) is 3.11. The molecule has 1 aliphatic heterocycles. The molecule has 0 atom stereocenters. The molecular weight excluding hydrogens is 244 g/mol. The number of rotatable bonds is 6. The molecule has 1 aliphatic rings. The molecule has 3 N–H and O–H groups in total. The summed E-state index contributed by atoms with van der Waals surface area (Å²) in [5.74, 6) is 0.318. The fraction of sp³-hybridized carbons (Fsp3) is 0.538. The van der Waals surface area contributed by atoms with Crippen molar-refractivity contribution in [1.29, 1.82) is 0 Å². The minimum atomic E-state index is -0.452. The van der Waals surface area contributed by atoms with Gasteiger partial charge in [0, 0.05) is 25.8 Å². The molecule has 0 spiro atoms. The molecule has 0 saturated carbocycles. The summed E-state index contributed by atoms with van der Waals surface area (Å²) in [6.45, 7) is 5.64. The normalized spacial score (nSPS) is 16.2. The molecule has 0 unspecified atom stereocenters. The molecule has 2 rings (SSSR count). The van der Waals surface area contributed by atoms with Gasteiger partial charge in [0.2, 0.25) is 5.91 Å². The van der Waals surface area contributed by atoms with Crippen molar-refractivity contribution in [2.75, 3.05) is 44.7 Å². The molecule has 1 aromatic heterocycles. The van der Waals surface area contributed by atoms with Crippen LogP contribution in [-0.4, -0.2) is 55.2 Å². The van der Waals surface area contributed by atoms with E-state index in [1.54, 1.807) is 12.1 Å². The zero-order chi connectivity index (χ0) is 13.5. The summed E-state index contributed by atoms with van der Waals surface area (Å²) in [6, 6.07) is 3.45. The number of amides is 1. The number of anilines is 1. The second-order valence-electron chi connectivity index (χ2n) is 4.53. The number of carbonyl (C=O) groups is 1. The monoisotopic (exact) mass is 264 g/mol. The first-order chi connectivity index (χ1) is 9.25. The van der Waals surface area contributed by atoms with Gasteiger partial charge in [0.15, 0.2) is 0 Å². The quantitative estimate of drug-likeness (QED) is 0.723. The van der Waals surface area contributed by atoms with Crippen molar-refractivity contribution >= 4 is 11.7 Å². The van der Waals surface area contributed by atoms with Gasteiger partial charge in [-0.15, -0.1) is 0 Å². The zero-order valence-corrected chi connectivity index (χ0v) is 11.0. The van der Waals surface area contributed by atoms with Gasteiger partial charge in [0.25, 0.3) is 0 Å². The van der Waals surface area contributed by atoms with Crippen LogP contribution in [0, 0.1) is 0 Å². The van der Waals surface area contributed by atoms with Gasteiger partial charge in [0.1, 0.15) is 5.82 Å². The van der Waals surface area contributed by atoms with Crippen molar-refractivity contribution < 1.29 is 9.53 Å². The van der Waals surface area contributed by atoms with Crippen LogP contribution in [0.2, 0.25) is 0 Å². The van der Waals surface area contributed by atoms with Crippen LogP contribution >= 0.6 is 0 Å². The summed E-state index contributed by atoms with van der Waals surface area (Å²) in [4.78, 5) is 17.4. The number of ether oxygens (including phenoxy) is 1. The van der Waals surface area contributed by atoms with Gasteiger partial charge in [-0.2, -0.15) is 0 Å². The summed E-state index contributed by atoms with van der Waals surface area (Å²) in [5.41, 5.74) is 5.58. The number of carbonyl (C=O) groups excluding carboxylic acids is 1. The molecule has 6 nitrogen and oxygen atoms in total. The third-order valence-electron chi connectivity index (χ3n) is 3.11. The molecule has 0 aliphatic carbocycles. The Balaban J connectivity index is 1.66. The van der Waals surface area contributed by atoms with E-state index in [9.17, 15) is 4.79 Å². The SMILES string of the molecule is NC(=O)c1ccc(NCCCN2CCOCC2)nc1. The molecule has 1 aromatic rings. The molecule has 104 valence electrons. The number of pyridine rings is 1. The van der Waals surface area contributed by atoms with Gasteiger partial charge in [-0.25, -0.2) is 4.98 Å². The summed E-state index contributed by atoms with van der Waals surface area (Å²) >= 11 is 0. The molecule has 0 bridgehead atoms. The first-order valence-corrected chi connectivity index (χ1v) is 6.55. The van der Waals surface area contributed by atoms with Gasteiger partial charge >= 0.3 is 0 Å². The van der Waals surface area contributed by atoms with E-state index in [1.807, 2.05) is 0 Å². The maximum atomic E-state index is 10.9. The van der Waals surface area contributed by atoms with Gasteiger partial charge in [-0.05, 0) is 25.1 Å². The summed E-state index contributed by atoms with van der Waals surface area (Å²) < 4.78 is 5.30. The molecule has 0 radical (unpaired) electrons. The van der Waals surface area contributed by atoms with E-state index in [0.717, 1.165) is 51.6 Å². The number of primary amides is 1. The Morgan fingerprint density at radius 1 is 1.42 bits per heavy atom. The van der Waals surface area contributed by atoms with Crippen LogP contribution < -0.4 is 11.1 Å². The molecule has 2 heterocycles. The number of hydrogen-bond acceptors (Lipinski definition) is 5. The van der Waals surface area contributed by atoms with E-state index in [1.165, 1.54) is 6.20 Å². The van der Waals surface area contributed by atoms with Gasteiger partial charge in [0.05, 0.1) is 18.8 Å². The van der Waals surface area contributed by atoms with E-state index in [-0.39, 0.29) is 0 Å². The van der Waals surface area contributed by atoms with Crippen molar-refractivity contribution in [2.24, 2.45) is 5.73 Å². The molecule has 6 heteroatoms. The lowest BCUT2D eigenvalue weighted by atomic mass is 10.2. The first-order valence-electron chi connectivity index (χ1n) is 6.55. The maximum absolute atomic E-state index is 10.9. The molecule has 19 heavy (non-hydrogen) atoms. The van der Waals surface area contributed by atoms with Crippen LogP contribution in [0.25, 0.3) is 0 Å². The third kappa shape index (κ3) is 4.50. The number of nitrogens with two attached hydrogens (primary N) is 1. The van der Waals surface area contributed by atoms with Gasteiger partial charge < -0.3 is 15.8 Å². The van der Waals surface area contributed by atoms with Crippen LogP contribution in [0.1, 0.15) is 16.8 Å². The number of morpholine rings is 1. The maximum Gasteiger partial charge on any atom is 0.250 e. The first kappa shape index (κ1) is 13.8. The highest BCUT2D eigenvalue weighted by molar-refractivity contribution is 5.92. The average Bonchev–Trinajstić information content (AvgIpc) is 2.45. The molecule has 1 fully saturated rings. The fourth-order valence-corrected chi connectivity index (χ4v) is 1.99. The van der Waals surface area contributed by atoms with Crippen molar-refractivity contribution in [3.63, 3.8) is 0 Å². The van der Waals surface area contributed by atoms with E-state index < -0.39 is 5.91 Å². The Kier molecular flexibility index (Phi) is 5.11. The fourth-order valence-electron chi connectivity index (χ4n) is 1.99. The minimum absolute atomic E-state index is 0.430. The lowest BCUT2D eigenvalue weighted by Gasteiger charge is -2.26. The van der Waals surface area contributed by atoms with Crippen molar-refractivity contribution in [1.82, 2.24) is 9.88 Å². The lowest BCUT2D eigenvalue weighted by Crippen LogP contribution is -2.37. The Morgan fingerprint density at radius 2 is 2.21 bits per heavy atom. The van der Waals surface area contributed by atoms with E-state index >= 15 is 0 Å². The lowest BCUT2D eigenvalue weighted by molar-refractivity contribution is 0.0378. The zero-order valence-electron chi connectivity index (χ0n) is 11.0. The Bertz CT molecular complexity index is 402. The largest absolute Gasteiger partial charge is 0.379 e. The van der Waals surface area contributed by atoms with E-state index in [4.69, 9.17) is 10.5 Å². The van der Waals surface area contributed by atoms with Gasteiger partial charge in [-0.3, -0.25) is 9.69 Å². The van der Waals surface area contributed by atoms with Gasteiger partial charge in [-0.1, -0.05) is 0 Å². The predicted molar refractivity (Wildman–Crippen MR) is 73.1 cm³/mol. The van der Waals surface area contributed by atoms with E-state index in [2.05, 4.69) is 15.2 Å². The summed E-state index contributed by atoms with van der Waals surface area (Å²) in [5, 5.41) is 3.23.